The topological polar surface area (TPSA) is 72.5 Å². The van der Waals surface area contributed by atoms with Crippen molar-refractivity contribution in [2.75, 3.05) is 6.61 Å². The first-order valence-corrected chi connectivity index (χ1v) is 6.06. The number of hydrogen-bond donors (Lipinski definition) is 1. The lowest BCUT2D eigenvalue weighted by atomic mass is 10.0. The summed E-state index contributed by atoms with van der Waals surface area (Å²) in [6.07, 6.45) is -0.109. The van der Waals surface area contributed by atoms with Crippen molar-refractivity contribution < 1.29 is 19.1 Å². The van der Waals surface area contributed by atoms with Crippen LogP contribution in [0, 0.1) is 0 Å². The lowest BCUT2D eigenvalue weighted by molar-refractivity contribution is -0.147. The number of benzene rings is 1. The Labute approximate surface area is 111 Å². The van der Waals surface area contributed by atoms with Gasteiger partial charge in [-0.25, -0.2) is 4.79 Å². The summed E-state index contributed by atoms with van der Waals surface area (Å²) in [5, 5.41) is 2.43. The second kappa shape index (κ2) is 7.31. The summed E-state index contributed by atoms with van der Waals surface area (Å²) in [4.78, 5) is 34.7. The van der Waals surface area contributed by atoms with E-state index in [1.807, 2.05) is 0 Å². The smallest absolute Gasteiger partial charge is 0.329 e. The van der Waals surface area contributed by atoms with Gasteiger partial charge in [-0.05, 0) is 6.92 Å². The van der Waals surface area contributed by atoms with Gasteiger partial charge < -0.3 is 10.1 Å². The van der Waals surface area contributed by atoms with Crippen LogP contribution in [-0.2, 0) is 14.3 Å². The van der Waals surface area contributed by atoms with Crippen LogP contribution in [-0.4, -0.2) is 30.3 Å². The highest BCUT2D eigenvalue weighted by Gasteiger charge is 2.24. The number of esters is 1. The molecule has 0 saturated carbocycles. The summed E-state index contributed by atoms with van der Waals surface area (Å²) >= 11 is 0. The predicted molar refractivity (Wildman–Crippen MR) is 69.6 cm³/mol. The molecule has 0 radical (unpaired) electrons. The van der Waals surface area contributed by atoms with E-state index in [2.05, 4.69) is 5.32 Å². The molecule has 0 aromatic heterocycles. The summed E-state index contributed by atoms with van der Waals surface area (Å²) in [6.45, 7) is 3.16. The van der Waals surface area contributed by atoms with Gasteiger partial charge >= 0.3 is 5.97 Å². The molecule has 0 aliphatic heterocycles. The fraction of sp³-hybridized carbons (Fsp3) is 0.357. The molecule has 0 aliphatic rings. The van der Waals surface area contributed by atoms with Crippen molar-refractivity contribution in [2.45, 2.75) is 26.3 Å². The van der Waals surface area contributed by atoms with E-state index in [-0.39, 0.29) is 24.7 Å². The van der Waals surface area contributed by atoms with Crippen LogP contribution in [0.25, 0.3) is 0 Å². The predicted octanol–water partition coefficient (Wildman–Crippen LogP) is 1.33. The van der Waals surface area contributed by atoms with Crippen molar-refractivity contribution in [1.82, 2.24) is 5.32 Å². The maximum atomic E-state index is 12.0. The Hall–Kier alpha value is -2.17. The monoisotopic (exact) mass is 263 g/mol. The fourth-order valence-electron chi connectivity index (χ4n) is 1.61. The van der Waals surface area contributed by atoms with Gasteiger partial charge in [-0.15, -0.1) is 0 Å². The van der Waals surface area contributed by atoms with Crippen molar-refractivity contribution in [2.24, 2.45) is 0 Å². The second-order valence-corrected chi connectivity index (χ2v) is 4.00. The highest BCUT2D eigenvalue weighted by Crippen LogP contribution is 2.07. The number of hydrogen-bond acceptors (Lipinski definition) is 4. The third-order valence-electron chi connectivity index (χ3n) is 2.43. The molecule has 0 spiro atoms. The Kier molecular flexibility index (Phi) is 5.73. The van der Waals surface area contributed by atoms with Gasteiger partial charge in [0, 0.05) is 18.9 Å². The number of carbonyl (C=O) groups is 3. The number of ether oxygens (including phenoxy) is 1. The van der Waals surface area contributed by atoms with Crippen LogP contribution in [0.15, 0.2) is 30.3 Å². The number of Topliss-reactive ketones (excluding diaryl/α,β-unsaturated/α-hetero) is 1. The zero-order valence-corrected chi connectivity index (χ0v) is 11.0. The molecule has 0 bridgehead atoms. The van der Waals surface area contributed by atoms with Crippen LogP contribution in [0.1, 0.15) is 30.6 Å². The SMILES string of the molecule is CCOC(=O)C(CC(=O)c1ccccc1)NC(C)=O. The summed E-state index contributed by atoms with van der Waals surface area (Å²) in [6, 6.07) is 7.67. The standard InChI is InChI=1S/C14H17NO4/c1-3-19-14(18)12(15-10(2)16)9-13(17)11-7-5-4-6-8-11/h4-8,12H,3,9H2,1-2H3,(H,15,16). The van der Waals surface area contributed by atoms with Gasteiger partial charge in [-0.3, -0.25) is 9.59 Å². The van der Waals surface area contributed by atoms with E-state index in [1.54, 1.807) is 37.3 Å². The molecule has 102 valence electrons. The van der Waals surface area contributed by atoms with E-state index in [1.165, 1.54) is 6.92 Å². The van der Waals surface area contributed by atoms with E-state index in [0.29, 0.717) is 5.56 Å². The largest absolute Gasteiger partial charge is 0.464 e. The first-order chi connectivity index (χ1) is 9.04. The van der Waals surface area contributed by atoms with Crippen molar-refractivity contribution in [3.63, 3.8) is 0 Å². The molecule has 1 amide bonds. The maximum Gasteiger partial charge on any atom is 0.329 e. The van der Waals surface area contributed by atoms with Gasteiger partial charge in [0.1, 0.15) is 6.04 Å². The molecule has 5 nitrogen and oxygen atoms in total. The maximum absolute atomic E-state index is 12.0. The van der Waals surface area contributed by atoms with Crippen molar-refractivity contribution >= 4 is 17.7 Å². The van der Waals surface area contributed by atoms with Gasteiger partial charge in [0.25, 0.3) is 0 Å². The third-order valence-corrected chi connectivity index (χ3v) is 2.43. The Morgan fingerprint density at radius 1 is 1.21 bits per heavy atom. The minimum atomic E-state index is -0.940. The van der Waals surface area contributed by atoms with Gasteiger partial charge in [0.2, 0.25) is 5.91 Å². The molecule has 0 heterocycles. The van der Waals surface area contributed by atoms with Gasteiger partial charge in [-0.2, -0.15) is 0 Å². The minimum Gasteiger partial charge on any atom is -0.464 e. The number of nitrogens with one attached hydrogen (secondary N) is 1. The molecular weight excluding hydrogens is 246 g/mol. The molecule has 1 aromatic rings. The van der Waals surface area contributed by atoms with Gasteiger partial charge in [-0.1, -0.05) is 30.3 Å². The summed E-state index contributed by atoms with van der Waals surface area (Å²) < 4.78 is 4.84. The van der Waals surface area contributed by atoms with E-state index in [0.717, 1.165) is 0 Å². The van der Waals surface area contributed by atoms with Crippen LogP contribution in [0.2, 0.25) is 0 Å². The van der Waals surface area contributed by atoms with Crippen molar-refractivity contribution in [3.05, 3.63) is 35.9 Å². The third kappa shape index (κ3) is 4.91. The number of ketones is 1. The Morgan fingerprint density at radius 2 is 1.84 bits per heavy atom. The minimum absolute atomic E-state index is 0.109. The first-order valence-electron chi connectivity index (χ1n) is 6.06. The van der Waals surface area contributed by atoms with Crippen LogP contribution in [0.4, 0.5) is 0 Å². The molecule has 0 fully saturated rings. The summed E-state index contributed by atoms with van der Waals surface area (Å²) in [7, 11) is 0. The number of rotatable bonds is 6. The summed E-state index contributed by atoms with van der Waals surface area (Å²) in [5.74, 6) is -1.19. The first kappa shape index (κ1) is 14.9. The van der Waals surface area contributed by atoms with Crippen LogP contribution in [0.5, 0.6) is 0 Å². The molecular formula is C14H17NO4. The lowest BCUT2D eigenvalue weighted by Crippen LogP contribution is -2.42. The molecule has 1 unspecified atom stereocenters. The van der Waals surface area contributed by atoms with E-state index in [9.17, 15) is 14.4 Å². The molecule has 1 aromatic carbocycles. The normalized spacial score (nSPS) is 11.5. The molecule has 1 N–H and O–H groups in total. The molecule has 5 heteroatoms. The van der Waals surface area contributed by atoms with E-state index >= 15 is 0 Å². The number of amides is 1. The van der Waals surface area contributed by atoms with Gasteiger partial charge in [0.05, 0.1) is 6.61 Å². The highest BCUT2D eigenvalue weighted by atomic mass is 16.5. The Morgan fingerprint density at radius 3 is 2.37 bits per heavy atom. The quantitative estimate of drug-likeness (QED) is 0.620. The highest BCUT2D eigenvalue weighted by molar-refractivity contribution is 5.99. The zero-order valence-electron chi connectivity index (χ0n) is 11.0. The average molecular weight is 263 g/mol. The van der Waals surface area contributed by atoms with Crippen LogP contribution < -0.4 is 5.32 Å². The van der Waals surface area contributed by atoms with Crippen LogP contribution >= 0.6 is 0 Å². The Balaban J connectivity index is 2.74. The lowest BCUT2D eigenvalue weighted by Gasteiger charge is -2.15. The van der Waals surface area contributed by atoms with Crippen LogP contribution in [0.3, 0.4) is 0 Å². The molecule has 0 saturated heterocycles. The van der Waals surface area contributed by atoms with Crippen molar-refractivity contribution in [1.29, 1.82) is 0 Å². The van der Waals surface area contributed by atoms with E-state index in [4.69, 9.17) is 4.74 Å². The average Bonchev–Trinajstić information content (AvgIpc) is 2.38. The van der Waals surface area contributed by atoms with Gasteiger partial charge in [0.15, 0.2) is 5.78 Å². The Bertz CT molecular complexity index is 456. The molecule has 0 aliphatic carbocycles. The molecule has 1 atom stereocenters. The fourth-order valence-corrected chi connectivity index (χ4v) is 1.61. The second-order valence-electron chi connectivity index (χ2n) is 4.00. The summed E-state index contributed by atoms with van der Waals surface area (Å²) in [5.41, 5.74) is 0.502. The number of carbonyl (C=O) groups excluding carboxylic acids is 3. The zero-order chi connectivity index (χ0) is 14.3. The molecule has 1 rings (SSSR count). The molecule has 19 heavy (non-hydrogen) atoms. The van der Waals surface area contributed by atoms with Crippen molar-refractivity contribution in [3.8, 4) is 0 Å². The van der Waals surface area contributed by atoms with E-state index < -0.39 is 12.0 Å².